The van der Waals surface area contributed by atoms with E-state index in [0.717, 1.165) is 11.4 Å². The monoisotopic (exact) mass is 168 g/mol. The van der Waals surface area contributed by atoms with E-state index in [-0.39, 0.29) is 7.92 Å². The SMILES string of the molecule is CP(C)c1cc(N)cc(N)c1. The highest BCUT2D eigenvalue weighted by Gasteiger charge is 1.99. The maximum absolute atomic E-state index is 5.63. The molecule has 0 atom stereocenters. The van der Waals surface area contributed by atoms with Gasteiger partial charge in [0, 0.05) is 11.4 Å². The number of rotatable bonds is 1. The van der Waals surface area contributed by atoms with Crippen LogP contribution in [0.3, 0.4) is 0 Å². The van der Waals surface area contributed by atoms with Crippen LogP contribution in [-0.2, 0) is 0 Å². The lowest BCUT2D eigenvalue weighted by Gasteiger charge is -2.07. The Morgan fingerprint density at radius 2 is 1.45 bits per heavy atom. The molecule has 11 heavy (non-hydrogen) atoms. The molecule has 60 valence electrons. The minimum atomic E-state index is -0.0880. The normalized spacial score (nSPS) is 10.5. The van der Waals surface area contributed by atoms with Gasteiger partial charge in [-0.1, -0.05) is 7.92 Å². The van der Waals surface area contributed by atoms with Crippen LogP contribution in [0.15, 0.2) is 18.2 Å². The molecule has 0 saturated heterocycles. The minimum Gasteiger partial charge on any atom is -0.399 e. The summed E-state index contributed by atoms with van der Waals surface area (Å²) in [5.74, 6) is 0. The third-order valence-electron chi connectivity index (χ3n) is 1.48. The molecule has 1 aromatic rings. The number of anilines is 2. The third kappa shape index (κ3) is 2.09. The summed E-state index contributed by atoms with van der Waals surface area (Å²) in [6, 6.07) is 5.76. The van der Waals surface area contributed by atoms with E-state index in [0.29, 0.717) is 0 Å². The van der Waals surface area contributed by atoms with Gasteiger partial charge in [-0.2, -0.15) is 0 Å². The van der Waals surface area contributed by atoms with Gasteiger partial charge >= 0.3 is 0 Å². The van der Waals surface area contributed by atoms with E-state index in [2.05, 4.69) is 13.3 Å². The fourth-order valence-corrected chi connectivity index (χ4v) is 1.73. The summed E-state index contributed by atoms with van der Waals surface area (Å²) in [5, 5.41) is 1.26. The van der Waals surface area contributed by atoms with Crippen LogP contribution in [0.1, 0.15) is 0 Å². The van der Waals surface area contributed by atoms with Gasteiger partial charge in [0.25, 0.3) is 0 Å². The molecule has 0 aliphatic rings. The van der Waals surface area contributed by atoms with E-state index in [1.807, 2.05) is 12.1 Å². The smallest absolute Gasteiger partial charge is 0.0341 e. The van der Waals surface area contributed by atoms with Gasteiger partial charge in [0.15, 0.2) is 0 Å². The first-order valence-corrected chi connectivity index (χ1v) is 5.66. The molecular weight excluding hydrogens is 155 g/mol. The zero-order valence-electron chi connectivity index (χ0n) is 6.83. The van der Waals surface area contributed by atoms with Crippen LogP contribution in [0.2, 0.25) is 0 Å². The summed E-state index contributed by atoms with van der Waals surface area (Å²) in [4.78, 5) is 0. The largest absolute Gasteiger partial charge is 0.399 e. The number of hydrogen-bond acceptors (Lipinski definition) is 2. The zero-order chi connectivity index (χ0) is 8.43. The maximum Gasteiger partial charge on any atom is 0.0341 e. The van der Waals surface area contributed by atoms with E-state index < -0.39 is 0 Å². The van der Waals surface area contributed by atoms with Crippen molar-refractivity contribution in [3.63, 3.8) is 0 Å². The molecule has 0 spiro atoms. The molecule has 0 aromatic heterocycles. The second-order valence-electron chi connectivity index (χ2n) is 2.75. The van der Waals surface area contributed by atoms with Gasteiger partial charge in [-0.05, 0) is 36.8 Å². The summed E-state index contributed by atoms with van der Waals surface area (Å²) in [5.41, 5.74) is 12.8. The summed E-state index contributed by atoms with van der Waals surface area (Å²) < 4.78 is 0. The Kier molecular flexibility index (Phi) is 2.35. The van der Waals surface area contributed by atoms with Crippen molar-refractivity contribution >= 4 is 24.6 Å². The average molecular weight is 168 g/mol. The number of hydrogen-bond donors (Lipinski definition) is 2. The van der Waals surface area contributed by atoms with E-state index in [1.54, 1.807) is 6.07 Å². The highest BCUT2D eigenvalue weighted by Crippen LogP contribution is 2.25. The van der Waals surface area contributed by atoms with Crippen LogP contribution in [0.5, 0.6) is 0 Å². The second-order valence-corrected chi connectivity index (χ2v) is 5.06. The molecule has 0 fully saturated rings. The van der Waals surface area contributed by atoms with Crippen LogP contribution >= 0.6 is 7.92 Å². The van der Waals surface area contributed by atoms with E-state index >= 15 is 0 Å². The predicted octanol–water partition coefficient (Wildman–Crippen LogP) is 1.22. The Bertz CT molecular complexity index is 238. The second kappa shape index (κ2) is 3.10. The quantitative estimate of drug-likeness (QED) is 0.489. The fourth-order valence-electron chi connectivity index (χ4n) is 0.917. The molecule has 2 nitrogen and oxygen atoms in total. The van der Waals surface area contributed by atoms with Gasteiger partial charge in [-0.15, -0.1) is 0 Å². The molecule has 0 amide bonds. The molecule has 3 heteroatoms. The average Bonchev–Trinajstić information content (AvgIpc) is 1.85. The predicted molar refractivity (Wildman–Crippen MR) is 53.7 cm³/mol. The van der Waals surface area contributed by atoms with Crippen molar-refractivity contribution in [1.29, 1.82) is 0 Å². The topological polar surface area (TPSA) is 52.0 Å². The van der Waals surface area contributed by atoms with E-state index in [9.17, 15) is 0 Å². The van der Waals surface area contributed by atoms with E-state index in [1.165, 1.54) is 5.30 Å². The summed E-state index contributed by atoms with van der Waals surface area (Å²) >= 11 is 0. The van der Waals surface area contributed by atoms with Gasteiger partial charge < -0.3 is 11.5 Å². The standard InChI is InChI=1S/C8H13N2P/c1-11(2)8-4-6(9)3-7(10)5-8/h3-5H,9-10H2,1-2H3. The lowest BCUT2D eigenvalue weighted by molar-refractivity contribution is 1.70. The Morgan fingerprint density at radius 3 is 1.82 bits per heavy atom. The molecular formula is C8H13N2P. The first kappa shape index (κ1) is 8.35. The van der Waals surface area contributed by atoms with Crippen molar-refractivity contribution in [1.82, 2.24) is 0 Å². The molecule has 1 rings (SSSR count). The lowest BCUT2D eigenvalue weighted by atomic mass is 10.3. The first-order valence-electron chi connectivity index (χ1n) is 3.43. The fraction of sp³-hybridized carbons (Fsp3) is 0.250. The van der Waals surface area contributed by atoms with Crippen LogP contribution in [0.25, 0.3) is 0 Å². The summed E-state index contributed by atoms with van der Waals surface area (Å²) in [6.07, 6.45) is 0. The molecule has 0 saturated carbocycles. The van der Waals surface area contributed by atoms with Gasteiger partial charge in [-0.25, -0.2) is 0 Å². The minimum absolute atomic E-state index is 0.0880. The summed E-state index contributed by atoms with van der Waals surface area (Å²) in [6.45, 7) is 4.37. The van der Waals surface area contributed by atoms with Crippen LogP contribution in [-0.4, -0.2) is 13.3 Å². The van der Waals surface area contributed by atoms with Crippen molar-refractivity contribution in [3.8, 4) is 0 Å². The Hall–Kier alpha value is -0.750. The summed E-state index contributed by atoms with van der Waals surface area (Å²) in [7, 11) is -0.0880. The highest BCUT2D eigenvalue weighted by atomic mass is 31.1. The van der Waals surface area contributed by atoms with Gasteiger partial charge in [0.1, 0.15) is 0 Å². The van der Waals surface area contributed by atoms with Crippen molar-refractivity contribution < 1.29 is 0 Å². The van der Waals surface area contributed by atoms with Crippen LogP contribution < -0.4 is 16.8 Å². The van der Waals surface area contributed by atoms with Crippen LogP contribution in [0, 0.1) is 0 Å². The lowest BCUT2D eigenvalue weighted by Crippen LogP contribution is -2.03. The van der Waals surface area contributed by atoms with Gasteiger partial charge in [0.05, 0.1) is 0 Å². The molecule has 0 aliphatic heterocycles. The van der Waals surface area contributed by atoms with Crippen molar-refractivity contribution in [2.75, 3.05) is 24.8 Å². The number of benzene rings is 1. The van der Waals surface area contributed by atoms with Crippen molar-refractivity contribution in [2.24, 2.45) is 0 Å². The van der Waals surface area contributed by atoms with Crippen molar-refractivity contribution in [2.45, 2.75) is 0 Å². The molecule has 0 bridgehead atoms. The van der Waals surface area contributed by atoms with E-state index in [4.69, 9.17) is 11.5 Å². The van der Waals surface area contributed by atoms with Gasteiger partial charge in [-0.3, -0.25) is 0 Å². The first-order chi connectivity index (χ1) is 5.09. The molecule has 0 radical (unpaired) electrons. The molecule has 1 aromatic carbocycles. The number of nitrogen functional groups attached to an aromatic ring is 2. The Morgan fingerprint density at radius 1 is 1.00 bits per heavy atom. The Balaban J connectivity index is 3.08. The third-order valence-corrected chi connectivity index (χ3v) is 2.77. The molecule has 4 N–H and O–H groups in total. The van der Waals surface area contributed by atoms with Gasteiger partial charge in [0.2, 0.25) is 0 Å². The maximum atomic E-state index is 5.63. The zero-order valence-corrected chi connectivity index (χ0v) is 7.73. The Labute approximate surface area is 68.3 Å². The molecule has 0 heterocycles. The molecule has 0 aliphatic carbocycles. The van der Waals surface area contributed by atoms with Crippen LogP contribution in [0.4, 0.5) is 11.4 Å². The number of nitrogens with two attached hydrogens (primary N) is 2. The highest BCUT2D eigenvalue weighted by molar-refractivity contribution is 7.64. The molecule has 0 unspecified atom stereocenters. The van der Waals surface area contributed by atoms with Crippen molar-refractivity contribution in [3.05, 3.63) is 18.2 Å².